The zero-order chi connectivity index (χ0) is 17.2. The van der Waals surface area contributed by atoms with Crippen LogP contribution in [0, 0.1) is 5.92 Å². The van der Waals surface area contributed by atoms with Crippen LogP contribution in [0.1, 0.15) is 37.7 Å². The molecule has 1 saturated carbocycles. The molecule has 1 aromatic rings. The molecule has 6 heteroatoms. The molecule has 1 aliphatic carbocycles. The number of carbonyl (C=O) groups is 2. The molecule has 6 nitrogen and oxygen atoms in total. The Hall–Kier alpha value is -2.24. The lowest BCUT2D eigenvalue weighted by Crippen LogP contribution is -2.45. The van der Waals surface area contributed by atoms with Crippen molar-refractivity contribution in [1.82, 2.24) is 10.2 Å². The monoisotopic (exact) mass is 344 g/mol. The zero-order valence-corrected chi connectivity index (χ0v) is 14.3. The number of benzene rings is 1. The van der Waals surface area contributed by atoms with E-state index in [-0.39, 0.29) is 24.5 Å². The summed E-state index contributed by atoms with van der Waals surface area (Å²) in [6.45, 7) is 1.57. The number of hydrogen-bond donors (Lipinski definition) is 1. The molecular weight excluding hydrogens is 320 g/mol. The number of piperidine rings is 1. The van der Waals surface area contributed by atoms with Crippen molar-refractivity contribution in [3.05, 3.63) is 23.8 Å². The van der Waals surface area contributed by atoms with Crippen molar-refractivity contribution in [2.45, 2.75) is 44.6 Å². The molecule has 2 heterocycles. The zero-order valence-electron chi connectivity index (χ0n) is 14.3. The highest BCUT2D eigenvalue weighted by atomic mass is 16.7. The summed E-state index contributed by atoms with van der Waals surface area (Å²) < 4.78 is 10.7. The maximum absolute atomic E-state index is 12.5. The van der Waals surface area contributed by atoms with Gasteiger partial charge in [-0.3, -0.25) is 9.59 Å². The van der Waals surface area contributed by atoms with E-state index in [0.29, 0.717) is 25.4 Å². The number of fused-ring (bicyclic) bond motifs is 1. The Balaban J connectivity index is 1.29. The van der Waals surface area contributed by atoms with Crippen LogP contribution in [0.15, 0.2) is 18.2 Å². The number of hydrogen-bond acceptors (Lipinski definition) is 4. The Labute approximate surface area is 147 Å². The third kappa shape index (κ3) is 3.89. The van der Waals surface area contributed by atoms with Gasteiger partial charge < -0.3 is 19.7 Å². The summed E-state index contributed by atoms with van der Waals surface area (Å²) in [5.74, 6) is 1.71. The fourth-order valence-electron chi connectivity index (χ4n) is 3.47. The molecular formula is C19H24N2O4. The van der Waals surface area contributed by atoms with Crippen LogP contribution >= 0.6 is 0 Å². The van der Waals surface area contributed by atoms with Crippen LogP contribution < -0.4 is 14.8 Å². The molecule has 1 N–H and O–H groups in total. The second-order valence-electron chi connectivity index (χ2n) is 7.15. The van der Waals surface area contributed by atoms with Gasteiger partial charge in [0.05, 0.1) is 5.92 Å². The fraction of sp³-hybridized carbons (Fsp3) is 0.579. The first-order chi connectivity index (χ1) is 12.2. The summed E-state index contributed by atoms with van der Waals surface area (Å²) in [5.41, 5.74) is 1.07. The van der Waals surface area contributed by atoms with Crippen molar-refractivity contribution in [2.75, 3.05) is 19.9 Å². The van der Waals surface area contributed by atoms with Gasteiger partial charge in [0.25, 0.3) is 0 Å². The minimum absolute atomic E-state index is 0.0520. The number of carbonyl (C=O) groups excluding carboxylic acids is 2. The van der Waals surface area contributed by atoms with E-state index in [1.54, 1.807) is 0 Å². The van der Waals surface area contributed by atoms with Crippen molar-refractivity contribution in [1.29, 1.82) is 0 Å². The third-order valence-corrected chi connectivity index (χ3v) is 5.13. The van der Waals surface area contributed by atoms with E-state index in [1.807, 2.05) is 23.1 Å². The number of ether oxygens (including phenoxy) is 2. The van der Waals surface area contributed by atoms with Gasteiger partial charge in [-0.2, -0.15) is 0 Å². The Morgan fingerprint density at radius 3 is 2.84 bits per heavy atom. The second kappa shape index (κ2) is 6.94. The summed E-state index contributed by atoms with van der Waals surface area (Å²) in [6.07, 6.45) is 5.10. The number of likely N-dealkylation sites (tertiary alicyclic amines) is 1. The van der Waals surface area contributed by atoms with Crippen molar-refractivity contribution >= 4 is 11.8 Å². The Kier molecular flexibility index (Phi) is 4.51. The Bertz CT molecular complexity index is 671. The van der Waals surface area contributed by atoms with E-state index in [1.165, 1.54) is 0 Å². The average Bonchev–Trinajstić information content (AvgIpc) is 3.33. The van der Waals surface area contributed by atoms with Crippen LogP contribution in [0.25, 0.3) is 0 Å². The van der Waals surface area contributed by atoms with E-state index in [2.05, 4.69) is 5.32 Å². The lowest BCUT2D eigenvalue weighted by molar-refractivity contribution is -0.135. The largest absolute Gasteiger partial charge is 0.454 e. The molecule has 25 heavy (non-hydrogen) atoms. The van der Waals surface area contributed by atoms with Gasteiger partial charge in [-0.15, -0.1) is 0 Å². The molecule has 1 aromatic carbocycles. The topological polar surface area (TPSA) is 67.9 Å². The first-order valence-electron chi connectivity index (χ1n) is 9.16. The van der Waals surface area contributed by atoms with E-state index in [0.717, 1.165) is 49.3 Å². The molecule has 0 radical (unpaired) electrons. The molecule has 134 valence electrons. The summed E-state index contributed by atoms with van der Waals surface area (Å²) in [5, 5.41) is 3.06. The van der Waals surface area contributed by atoms with Crippen LogP contribution in [-0.2, 0) is 16.0 Å². The average molecular weight is 344 g/mol. The van der Waals surface area contributed by atoms with Crippen LogP contribution in [0.2, 0.25) is 0 Å². The van der Waals surface area contributed by atoms with Gasteiger partial charge in [0, 0.05) is 25.6 Å². The first kappa shape index (κ1) is 16.2. The van der Waals surface area contributed by atoms with Crippen LogP contribution in [0.3, 0.4) is 0 Å². The van der Waals surface area contributed by atoms with E-state index >= 15 is 0 Å². The second-order valence-corrected chi connectivity index (χ2v) is 7.15. The van der Waals surface area contributed by atoms with Gasteiger partial charge in [0.15, 0.2) is 11.5 Å². The highest BCUT2D eigenvalue weighted by molar-refractivity contribution is 5.81. The highest BCUT2D eigenvalue weighted by Gasteiger charge is 2.31. The molecule has 0 bridgehead atoms. The fourth-order valence-corrected chi connectivity index (χ4v) is 3.47. The third-order valence-electron chi connectivity index (χ3n) is 5.13. The lowest BCUT2D eigenvalue weighted by Gasteiger charge is -2.32. The standard InChI is InChI=1S/C19H24N2O4/c22-18(8-4-13-3-7-16-17(10-13)25-12-24-16)21-9-1-2-14(11-21)19(23)20-15-5-6-15/h3,7,10,14-15H,1-2,4-6,8-9,11-12H2,(H,20,23). The number of aryl methyl sites for hydroxylation is 1. The molecule has 2 fully saturated rings. The SMILES string of the molecule is O=C(NC1CC1)C1CCCN(C(=O)CCc2ccc3c(c2)OCO3)C1. The Morgan fingerprint density at radius 1 is 1.16 bits per heavy atom. The van der Waals surface area contributed by atoms with Crippen LogP contribution in [0.4, 0.5) is 0 Å². The number of nitrogens with one attached hydrogen (secondary N) is 1. The molecule has 4 rings (SSSR count). The summed E-state index contributed by atoms with van der Waals surface area (Å²) >= 11 is 0. The number of rotatable bonds is 5. The smallest absolute Gasteiger partial charge is 0.231 e. The normalized spacial score (nSPS) is 21.9. The molecule has 2 amide bonds. The van der Waals surface area contributed by atoms with Gasteiger partial charge >= 0.3 is 0 Å². The number of nitrogens with zero attached hydrogens (tertiary/aromatic N) is 1. The van der Waals surface area contributed by atoms with Gasteiger partial charge in [0.1, 0.15) is 0 Å². The Morgan fingerprint density at radius 2 is 2.00 bits per heavy atom. The van der Waals surface area contributed by atoms with Crippen molar-refractivity contribution < 1.29 is 19.1 Å². The minimum Gasteiger partial charge on any atom is -0.454 e. The molecule has 1 atom stereocenters. The van der Waals surface area contributed by atoms with E-state index in [4.69, 9.17) is 9.47 Å². The van der Waals surface area contributed by atoms with E-state index < -0.39 is 0 Å². The van der Waals surface area contributed by atoms with Gasteiger partial charge in [0.2, 0.25) is 18.6 Å². The summed E-state index contributed by atoms with van der Waals surface area (Å²) in [7, 11) is 0. The van der Waals surface area contributed by atoms with Crippen molar-refractivity contribution in [3.8, 4) is 11.5 Å². The number of amides is 2. The maximum Gasteiger partial charge on any atom is 0.231 e. The quantitative estimate of drug-likeness (QED) is 0.885. The molecule has 1 saturated heterocycles. The predicted octanol–water partition coefficient (Wildman–Crippen LogP) is 1.87. The first-order valence-corrected chi connectivity index (χ1v) is 9.16. The predicted molar refractivity (Wildman–Crippen MR) is 91.4 cm³/mol. The summed E-state index contributed by atoms with van der Waals surface area (Å²) in [4.78, 5) is 26.6. The molecule has 2 aliphatic heterocycles. The van der Waals surface area contributed by atoms with Crippen molar-refractivity contribution in [3.63, 3.8) is 0 Å². The van der Waals surface area contributed by atoms with Crippen molar-refractivity contribution in [2.24, 2.45) is 5.92 Å². The molecule has 3 aliphatic rings. The minimum atomic E-state index is -0.0520. The maximum atomic E-state index is 12.5. The molecule has 0 spiro atoms. The van der Waals surface area contributed by atoms with Gasteiger partial charge in [-0.25, -0.2) is 0 Å². The van der Waals surface area contributed by atoms with Crippen LogP contribution in [-0.4, -0.2) is 42.6 Å². The van der Waals surface area contributed by atoms with Gasteiger partial charge in [-0.05, 0) is 49.8 Å². The molecule has 0 aromatic heterocycles. The molecule has 1 unspecified atom stereocenters. The van der Waals surface area contributed by atoms with E-state index in [9.17, 15) is 9.59 Å². The lowest BCUT2D eigenvalue weighted by atomic mass is 9.96. The highest BCUT2D eigenvalue weighted by Crippen LogP contribution is 2.32. The van der Waals surface area contributed by atoms with Gasteiger partial charge in [-0.1, -0.05) is 6.07 Å². The van der Waals surface area contributed by atoms with Crippen LogP contribution in [0.5, 0.6) is 11.5 Å². The summed E-state index contributed by atoms with van der Waals surface area (Å²) in [6, 6.07) is 6.19.